The number of benzene rings is 2. The van der Waals surface area contributed by atoms with Crippen molar-refractivity contribution in [3.8, 4) is 17.1 Å². The Labute approximate surface area is 153 Å². The van der Waals surface area contributed by atoms with Gasteiger partial charge in [0.05, 0.1) is 12.8 Å². The van der Waals surface area contributed by atoms with E-state index in [-0.39, 0.29) is 0 Å². The minimum absolute atomic E-state index is 0.429. The van der Waals surface area contributed by atoms with Crippen molar-refractivity contribution in [2.24, 2.45) is 5.10 Å². The van der Waals surface area contributed by atoms with Crippen LogP contribution in [0, 0.1) is 4.77 Å². The SMILES string of the molecule is CCOc1cccc(-c2n[nH]c(=S)n2/N=C/c2cccc(Br)c2)c1. The molecule has 0 fully saturated rings. The number of hydrogen-bond donors (Lipinski definition) is 1. The van der Waals surface area contributed by atoms with Gasteiger partial charge in [0.1, 0.15) is 5.75 Å². The number of halogens is 1. The third-order valence-corrected chi connectivity index (χ3v) is 3.98. The Hall–Kier alpha value is -2.25. The van der Waals surface area contributed by atoms with Crippen LogP contribution in [0.15, 0.2) is 58.1 Å². The van der Waals surface area contributed by atoms with Gasteiger partial charge in [0.25, 0.3) is 0 Å². The van der Waals surface area contributed by atoms with Crippen molar-refractivity contribution >= 4 is 34.4 Å². The Morgan fingerprint density at radius 1 is 1.29 bits per heavy atom. The zero-order valence-corrected chi connectivity index (χ0v) is 15.3. The number of hydrogen-bond acceptors (Lipinski definition) is 4. The molecule has 24 heavy (non-hydrogen) atoms. The van der Waals surface area contributed by atoms with Gasteiger partial charge in [-0.1, -0.05) is 40.2 Å². The Kier molecular flexibility index (Phi) is 5.22. The molecule has 2 aromatic carbocycles. The summed E-state index contributed by atoms with van der Waals surface area (Å²) in [6.45, 7) is 2.56. The van der Waals surface area contributed by atoms with Crippen molar-refractivity contribution in [3.05, 3.63) is 63.3 Å². The molecule has 0 saturated carbocycles. The summed E-state index contributed by atoms with van der Waals surface area (Å²) < 4.78 is 8.56. The Morgan fingerprint density at radius 2 is 2.12 bits per heavy atom. The molecule has 0 aliphatic carbocycles. The highest BCUT2D eigenvalue weighted by atomic mass is 79.9. The largest absolute Gasteiger partial charge is 0.494 e. The number of ether oxygens (including phenoxy) is 1. The maximum absolute atomic E-state index is 5.54. The third kappa shape index (κ3) is 3.80. The molecule has 122 valence electrons. The van der Waals surface area contributed by atoms with E-state index in [9.17, 15) is 0 Å². The molecule has 0 aliphatic rings. The summed E-state index contributed by atoms with van der Waals surface area (Å²) in [6.07, 6.45) is 1.74. The Morgan fingerprint density at radius 3 is 2.92 bits per heavy atom. The number of nitrogens with one attached hydrogen (secondary N) is 1. The smallest absolute Gasteiger partial charge is 0.216 e. The number of rotatable bonds is 5. The maximum atomic E-state index is 5.54. The molecule has 3 rings (SSSR count). The molecule has 0 unspecified atom stereocenters. The first-order valence-corrected chi connectivity index (χ1v) is 8.58. The van der Waals surface area contributed by atoms with Gasteiger partial charge in [-0.2, -0.15) is 14.9 Å². The van der Waals surface area contributed by atoms with Gasteiger partial charge in [-0.3, -0.25) is 0 Å². The third-order valence-electron chi connectivity index (χ3n) is 3.22. The maximum Gasteiger partial charge on any atom is 0.216 e. The summed E-state index contributed by atoms with van der Waals surface area (Å²) in [6, 6.07) is 15.5. The van der Waals surface area contributed by atoms with E-state index in [1.807, 2.05) is 55.5 Å². The first-order valence-electron chi connectivity index (χ1n) is 7.38. The summed E-state index contributed by atoms with van der Waals surface area (Å²) in [5.41, 5.74) is 1.83. The van der Waals surface area contributed by atoms with Crippen LogP contribution in [-0.2, 0) is 0 Å². The van der Waals surface area contributed by atoms with Gasteiger partial charge in [0.15, 0.2) is 5.82 Å². The van der Waals surface area contributed by atoms with E-state index in [0.29, 0.717) is 17.2 Å². The molecular formula is C17H15BrN4OS. The van der Waals surface area contributed by atoms with Crippen molar-refractivity contribution in [1.82, 2.24) is 14.9 Å². The van der Waals surface area contributed by atoms with Gasteiger partial charge in [-0.25, -0.2) is 5.10 Å². The molecule has 0 amide bonds. The average Bonchev–Trinajstić information content (AvgIpc) is 2.94. The van der Waals surface area contributed by atoms with E-state index in [0.717, 1.165) is 21.3 Å². The first-order chi connectivity index (χ1) is 11.7. The van der Waals surface area contributed by atoms with Crippen LogP contribution in [0.5, 0.6) is 5.75 Å². The molecule has 0 saturated heterocycles. The van der Waals surface area contributed by atoms with Crippen LogP contribution in [0.3, 0.4) is 0 Å². The van der Waals surface area contributed by atoms with Gasteiger partial charge < -0.3 is 4.74 Å². The van der Waals surface area contributed by atoms with Crippen LogP contribution in [0.2, 0.25) is 0 Å². The van der Waals surface area contributed by atoms with Crippen molar-refractivity contribution in [2.75, 3.05) is 6.61 Å². The molecule has 1 heterocycles. The van der Waals surface area contributed by atoms with E-state index in [1.54, 1.807) is 10.9 Å². The topological polar surface area (TPSA) is 55.2 Å². The molecule has 0 atom stereocenters. The lowest BCUT2D eigenvalue weighted by Gasteiger charge is -2.05. The van der Waals surface area contributed by atoms with Crippen molar-refractivity contribution in [3.63, 3.8) is 0 Å². The van der Waals surface area contributed by atoms with Gasteiger partial charge in [-0.15, -0.1) is 0 Å². The quantitative estimate of drug-likeness (QED) is 0.498. The van der Waals surface area contributed by atoms with Crippen molar-refractivity contribution in [2.45, 2.75) is 6.92 Å². The molecule has 1 N–H and O–H groups in total. The number of H-pyrrole nitrogens is 1. The second-order valence-electron chi connectivity index (χ2n) is 4.92. The van der Waals surface area contributed by atoms with Crippen molar-refractivity contribution in [1.29, 1.82) is 0 Å². The second kappa shape index (κ2) is 7.55. The fourth-order valence-electron chi connectivity index (χ4n) is 2.19. The molecule has 7 heteroatoms. The van der Waals surface area contributed by atoms with Crippen LogP contribution in [0.4, 0.5) is 0 Å². The van der Waals surface area contributed by atoms with E-state index in [2.05, 4.69) is 31.2 Å². The van der Waals surface area contributed by atoms with Crippen LogP contribution < -0.4 is 4.74 Å². The molecular weight excluding hydrogens is 388 g/mol. The van der Waals surface area contributed by atoms with Gasteiger partial charge in [0, 0.05) is 10.0 Å². The summed E-state index contributed by atoms with van der Waals surface area (Å²) >= 11 is 8.74. The molecule has 3 aromatic rings. The highest BCUT2D eigenvalue weighted by Gasteiger charge is 2.09. The standard InChI is InChI=1S/C17H15BrN4OS/c1-2-23-15-8-4-6-13(10-15)16-20-21-17(24)22(16)19-11-12-5-3-7-14(18)9-12/h3-11H,2H2,1H3,(H,21,24)/b19-11+. The molecule has 1 aromatic heterocycles. The highest BCUT2D eigenvalue weighted by molar-refractivity contribution is 9.10. The normalized spacial score (nSPS) is 11.1. The molecule has 0 radical (unpaired) electrons. The van der Waals surface area contributed by atoms with Crippen molar-refractivity contribution < 1.29 is 4.74 Å². The lowest BCUT2D eigenvalue weighted by molar-refractivity contribution is 0.340. The zero-order chi connectivity index (χ0) is 16.9. The molecule has 5 nitrogen and oxygen atoms in total. The lowest BCUT2D eigenvalue weighted by Crippen LogP contribution is -1.96. The molecule has 0 spiro atoms. The average molecular weight is 403 g/mol. The number of nitrogens with zero attached hydrogens (tertiary/aromatic N) is 3. The zero-order valence-electron chi connectivity index (χ0n) is 12.9. The Bertz CT molecular complexity index is 932. The van der Waals surface area contributed by atoms with Crippen LogP contribution in [0.25, 0.3) is 11.4 Å². The highest BCUT2D eigenvalue weighted by Crippen LogP contribution is 2.22. The van der Waals surface area contributed by atoms with Gasteiger partial charge in [-0.05, 0) is 49.0 Å². The number of aromatic amines is 1. The second-order valence-corrected chi connectivity index (χ2v) is 6.23. The first kappa shape index (κ1) is 16.6. The summed E-state index contributed by atoms with van der Waals surface area (Å²) in [5.74, 6) is 1.42. The molecule has 0 bridgehead atoms. The summed E-state index contributed by atoms with van der Waals surface area (Å²) in [7, 11) is 0. The predicted octanol–water partition coefficient (Wildman–Crippen LogP) is 4.65. The fourth-order valence-corrected chi connectivity index (χ4v) is 2.78. The van der Waals surface area contributed by atoms with E-state index in [1.165, 1.54) is 0 Å². The lowest BCUT2D eigenvalue weighted by atomic mass is 10.2. The van der Waals surface area contributed by atoms with E-state index < -0.39 is 0 Å². The van der Waals surface area contributed by atoms with E-state index >= 15 is 0 Å². The van der Waals surface area contributed by atoms with E-state index in [4.69, 9.17) is 17.0 Å². The summed E-state index contributed by atoms with van der Waals surface area (Å²) in [5, 5.41) is 11.5. The van der Waals surface area contributed by atoms with Crippen LogP contribution >= 0.6 is 28.1 Å². The van der Waals surface area contributed by atoms with Gasteiger partial charge >= 0.3 is 0 Å². The fraction of sp³-hybridized carbons (Fsp3) is 0.118. The minimum Gasteiger partial charge on any atom is -0.494 e. The summed E-state index contributed by atoms with van der Waals surface area (Å²) in [4.78, 5) is 0. The monoisotopic (exact) mass is 402 g/mol. The van der Waals surface area contributed by atoms with Crippen LogP contribution in [0.1, 0.15) is 12.5 Å². The number of aromatic nitrogens is 3. The minimum atomic E-state index is 0.429. The molecule has 0 aliphatic heterocycles. The van der Waals surface area contributed by atoms with Crippen LogP contribution in [-0.4, -0.2) is 27.7 Å². The van der Waals surface area contributed by atoms with Gasteiger partial charge in [0.2, 0.25) is 4.77 Å². The Balaban J connectivity index is 1.97. The predicted molar refractivity (Wildman–Crippen MR) is 101 cm³/mol.